The second-order valence-corrected chi connectivity index (χ2v) is 5.45. The molecule has 8 nitrogen and oxygen atoms in total. The van der Waals surface area contributed by atoms with Gasteiger partial charge in [-0.2, -0.15) is 5.10 Å². The topological polar surface area (TPSA) is 130 Å². The molecule has 0 unspecified atom stereocenters. The maximum absolute atomic E-state index is 11.8. The van der Waals surface area contributed by atoms with Crippen LogP contribution in [0.15, 0.2) is 45.8 Å². The van der Waals surface area contributed by atoms with E-state index >= 15 is 0 Å². The Morgan fingerprint density at radius 1 is 1.41 bits per heavy atom. The fourth-order valence-electron chi connectivity index (χ4n) is 2.13. The molecule has 27 heavy (non-hydrogen) atoms. The first-order valence-electron chi connectivity index (χ1n) is 8.21. The predicted octanol–water partition coefficient (Wildman–Crippen LogP) is 3.77. The molecule has 5 N–H and O–H groups in total. The number of furan rings is 1. The highest BCUT2D eigenvalue weighted by Gasteiger charge is 2.18. The summed E-state index contributed by atoms with van der Waals surface area (Å²) in [5.41, 5.74) is 6.20. The molecule has 0 saturated carbocycles. The lowest BCUT2D eigenvalue weighted by atomic mass is 10.2. The third-order valence-electron chi connectivity index (χ3n) is 3.24. The van der Waals surface area contributed by atoms with Crippen molar-refractivity contribution < 1.29 is 14.3 Å². The monoisotopic (exact) mass is 389 g/mol. The summed E-state index contributed by atoms with van der Waals surface area (Å²) >= 11 is 5.94. The van der Waals surface area contributed by atoms with Crippen LogP contribution in [0.3, 0.4) is 0 Å². The molecule has 9 heteroatoms. The van der Waals surface area contributed by atoms with E-state index in [9.17, 15) is 4.79 Å². The van der Waals surface area contributed by atoms with Crippen molar-refractivity contribution in [3.63, 3.8) is 0 Å². The third kappa shape index (κ3) is 5.19. The number of anilines is 2. The average Bonchev–Trinajstić information content (AvgIpc) is 3.28. The summed E-state index contributed by atoms with van der Waals surface area (Å²) in [6, 6.07) is 10.2. The molecule has 2 aromatic heterocycles. The van der Waals surface area contributed by atoms with Crippen molar-refractivity contribution >= 4 is 41.0 Å². The number of hydrogen-bond acceptors (Lipinski definition) is 6. The van der Waals surface area contributed by atoms with Crippen LogP contribution in [0, 0.1) is 0 Å². The van der Waals surface area contributed by atoms with Crippen molar-refractivity contribution in [3.05, 3.63) is 58.5 Å². The Kier molecular flexibility index (Phi) is 7.16. The van der Waals surface area contributed by atoms with E-state index in [4.69, 9.17) is 26.9 Å². The Balaban J connectivity index is 0.00000126. The van der Waals surface area contributed by atoms with Crippen molar-refractivity contribution in [3.8, 4) is 0 Å². The Hall–Kier alpha value is -3.10. The van der Waals surface area contributed by atoms with E-state index in [0.717, 1.165) is 0 Å². The van der Waals surface area contributed by atoms with Gasteiger partial charge in [-0.25, -0.2) is 4.99 Å². The number of nitrogens with one attached hydrogen (secondary N) is 2. The predicted molar refractivity (Wildman–Crippen MR) is 105 cm³/mol. The van der Waals surface area contributed by atoms with E-state index in [-0.39, 0.29) is 18.0 Å². The van der Waals surface area contributed by atoms with Gasteiger partial charge in [-0.15, -0.1) is 0 Å². The van der Waals surface area contributed by atoms with Gasteiger partial charge in [0.1, 0.15) is 29.5 Å². The number of amides is 1. The Labute approximate surface area is 161 Å². The highest BCUT2D eigenvalue weighted by Crippen LogP contribution is 2.27. The first kappa shape index (κ1) is 20.2. The zero-order chi connectivity index (χ0) is 19.8. The highest BCUT2D eigenvalue weighted by atomic mass is 35.5. The first-order valence-corrected chi connectivity index (χ1v) is 8.59. The molecule has 0 aliphatic rings. The third-order valence-corrected chi connectivity index (χ3v) is 3.48. The number of aromatic nitrogens is 2. The number of primary amides is 1. The standard InChI is InChI=1S/C16H14ClN5O3.C2H6/c17-9-2-1-3-10(6-9)20-16-13(14(18)24)15(21-22-16)19-7-11-4-5-12(8-23)25-11;1-2/h1-7,23H,8H2,(H2,18,24)(H2,20,21,22);1-2H3. The fraction of sp³-hybridized carbons (Fsp3) is 0.167. The number of hydrogen-bond donors (Lipinski definition) is 4. The van der Waals surface area contributed by atoms with Crippen LogP contribution >= 0.6 is 11.6 Å². The minimum atomic E-state index is -0.694. The summed E-state index contributed by atoms with van der Waals surface area (Å²) in [4.78, 5) is 15.9. The lowest BCUT2D eigenvalue weighted by molar-refractivity contribution is 0.100. The minimum Gasteiger partial charge on any atom is -0.458 e. The zero-order valence-electron chi connectivity index (χ0n) is 14.9. The number of aliphatic imine (C=N–C) groups is 1. The van der Waals surface area contributed by atoms with Gasteiger partial charge in [-0.05, 0) is 30.3 Å². The first-order chi connectivity index (χ1) is 13.1. The van der Waals surface area contributed by atoms with E-state index in [0.29, 0.717) is 28.0 Å². The van der Waals surface area contributed by atoms with Crippen molar-refractivity contribution in [2.45, 2.75) is 20.5 Å². The summed E-state index contributed by atoms with van der Waals surface area (Å²) in [7, 11) is 0. The molecule has 0 saturated heterocycles. The van der Waals surface area contributed by atoms with Crippen LogP contribution in [-0.4, -0.2) is 27.4 Å². The van der Waals surface area contributed by atoms with Crippen molar-refractivity contribution in [1.82, 2.24) is 10.2 Å². The SMILES string of the molecule is CC.NC(=O)c1c(N=Cc2ccc(CO)o2)n[nH]c1Nc1cccc(Cl)c1. The second-order valence-electron chi connectivity index (χ2n) is 5.02. The van der Waals surface area contributed by atoms with Gasteiger partial charge in [0.05, 0.1) is 6.21 Å². The number of nitrogens with two attached hydrogens (primary N) is 1. The number of benzene rings is 1. The zero-order valence-corrected chi connectivity index (χ0v) is 15.6. The molecule has 3 aromatic rings. The van der Waals surface area contributed by atoms with E-state index < -0.39 is 5.91 Å². The molecule has 1 amide bonds. The van der Waals surface area contributed by atoms with Crippen LogP contribution in [0.5, 0.6) is 0 Å². The Bertz CT molecular complexity index is 933. The molecule has 0 fully saturated rings. The van der Waals surface area contributed by atoms with Crippen molar-refractivity contribution in [2.75, 3.05) is 5.32 Å². The van der Waals surface area contributed by atoms with E-state index in [2.05, 4.69) is 20.5 Å². The van der Waals surface area contributed by atoms with Gasteiger partial charge in [0.2, 0.25) is 0 Å². The Morgan fingerprint density at radius 2 is 2.19 bits per heavy atom. The van der Waals surface area contributed by atoms with Crippen molar-refractivity contribution in [2.24, 2.45) is 10.7 Å². The van der Waals surface area contributed by atoms with Gasteiger partial charge in [-0.1, -0.05) is 31.5 Å². The molecular weight excluding hydrogens is 370 g/mol. The molecule has 0 radical (unpaired) electrons. The molecular formula is C18H20ClN5O3. The number of carbonyl (C=O) groups excluding carboxylic acids is 1. The number of H-pyrrole nitrogens is 1. The largest absolute Gasteiger partial charge is 0.458 e. The van der Waals surface area contributed by atoms with E-state index in [1.54, 1.807) is 36.4 Å². The second kappa shape index (κ2) is 9.56. The molecule has 0 aliphatic heterocycles. The number of rotatable bonds is 6. The van der Waals surface area contributed by atoms with Crippen LogP contribution in [0.2, 0.25) is 5.02 Å². The fourth-order valence-corrected chi connectivity index (χ4v) is 2.32. The van der Waals surface area contributed by atoms with E-state index in [1.165, 1.54) is 6.21 Å². The van der Waals surface area contributed by atoms with Crippen LogP contribution in [0.4, 0.5) is 17.3 Å². The molecule has 1 aromatic carbocycles. The van der Waals surface area contributed by atoms with E-state index in [1.807, 2.05) is 13.8 Å². The van der Waals surface area contributed by atoms with Gasteiger partial charge >= 0.3 is 0 Å². The molecule has 3 rings (SSSR count). The number of halogens is 1. The molecule has 0 aliphatic carbocycles. The number of aliphatic hydroxyl groups is 1. The molecule has 0 bridgehead atoms. The Morgan fingerprint density at radius 3 is 2.81 bits per heavy atom. The maximum atomic E-state index is 11.8. The van der Waals surface area contributed by atoms with Gasteiger partial charge in [0.15, 0.2) is 5.82 Å². The molecule has 142 valence electrons. The number of carbonyl (C=O) groups is 1. The van der Waals surface area contributed by atoms with Crippen LogP contribution in [-0.2, 0) is 6.61 Å². The van der Waals surface area contributed by atoms with Gasteiger partial charge in [0.25, 0.3) is 5.91 Å². The minimum absolute atomic E-state index is 0.102. The molecule has 0 atom stereocenters. The van der Waals surface area contributed by atoms with Gasteiger partial charge in [-0.3, -0.25) is 9.89 Å². The number of aliphatic hydroxyl groups excluding tert-OH is 1. The van der Waals surface area contributed by atoms with Crippen LogP contribution in [0.1, 0.15) is 35.7 Å². The molecule has 2 heterocycles. The van der Waals surface area contributed by atoms with Gasteiger partial charge in [0, 0.05) is 10.7 Å². The number of nitrogens with zero attached hydrogens (tertiary/aromatic N) is 2. The summed E-state index contributed by atoms with van der Waals surface area (Å²) < 4.78 is 5.29. The lowest BCUT2D eigenvalue weighted by Gasteiger charge is -2.05. The highest BCUT2D eigenvalue weighted by molar-refractivity contribution is 6.30. The summed E-state index contributed by atoms with van der Waals surface area (Å²) in [5, 5.41) is 19.2. The quantitative estimate of drug-likeness (QED) is 0.477. The van der Waals surface area contributed by atoms with Crippen molar-refractivity contribution in [1.29, 1.82) is 0 Å². The average molecular weight is 390 g/mol. The van der Waals surface area contributed by atoms with Gasteiger partial charge < -0.3 is 20.6 Å². The normalized spacial score (nSPS) is 10.5. The maximum Gasteiger partial charge on any atom is 0.256 e. The molecule has 0 spiro atoms. The lowest BCUT2D eigenvalue weighted by Crippen LogP contribution is -2.12. The van der Waals surface area contributed by atoms with Crippen LogP contribution < -0.4 is 11.1 Å². The summed E-state index contributed by atoms with van der Waals surface area (Å²) in [5.74, 6) is 0.533. The van der Waals surface area contributed by atoms with Crippen LogP contribution in [0.25, 0.3) is 0 Å². The summed E-state index contributed by atoms with van der Waals surface area (Å²) in [6.45, 7) is 3.79. The summed E-state index contributed by atoms with van der Waals surface area (Å²) in [6.07, 6.45) is 1.38. The smallest absolute Gasteiger partial charge is 0.256 e. The number of aromatic amines is 1.